The van der Waals surface area contributed by atoms with Gasteiger partial charge in [-0.05, 0) is 29.8 Å². The summed E-state index contributed by atoms with van der Waals surface area (Å²) in [7, 11) is 0. The lowest BCUT2D eigenvalue weighted by Gasteiger charge is -2.06. The first kappa shape index (κ1) is 15.1. The van der Waals surface area contributed by atoms with Crippen LogP contribution >= 0.6 is 0 Å². The van der Waals surface area contributed by atoms with Crippen molar-refractivity contribution in [2.75, 3.05) is 5.32 Å². The number of para-hydroxylation sites is 2. The number of imidazole rings is 1. The van der Waals surface area contributed by atoms with Crippen LogP contribution in [0.3, 0.4) is 0 Å². The lowest BCUT2D eigenvalue weighted by atomic mass is 10.3. The minimum Gasteiger partial charge on any atom is -0.439 e. The molecule has 0 saturated heterocycles. The number of rotatable bonds is 5. The standard InChI is InChI=1S/C19H15FN4O/c20-14-4-3-5-15(10-14)25-18-9-8-13(11-21-18)12-22-19-23-16-6-1-2-7-17(16)24-19/h1-11H,12H2,(H2,22,23,24). The number of nitrogens with one attached hydrogen (secondary N) is 2. The van der Waals surface area contributed by atoms with E-state index in [0.717, 1.165) is 16.6 Å². The summed E-state index contributed by atoms with van der Waals surface area (Å²) in [6, 6.07) is 17.5. The van der Waals surface area contributed by atoms with Crippen LogP contribution in [0.1, 0.15) is 5.56 Å². The summed E-state index contributed by atoms with van der Waals surface area (Å²) in [5.74, 6) is 1.20. The molecule has 2 N–H and O–H groups in total. The number of aromatic amines is 1. The monoisotopic (exact) mass is 334 g/mol. The van der Waals surface area contributed by atoms with Crippen molar-refractivity contribution in [1.82, 2.24) is 15.0 Å². The second kappa shape index (κ2) is 6.60. The molecule has 0 unspecified atom stereocenters. The van der Waals surface area contributed by atoms with E-state index in [9.17, 15) is 4.39 Å². The largest absolute Gasteiger partial charge is 0.439 e. The third-order valence-electron chi connectivity index (χ3n) is 3.67. The van der Waals surface area contributed by atoms with Crippen LogP contribution in [0.25, 0.3) is 11.0 Å². The van der Waals surface area contributed by atoms with Gasteiger partial charge in [-0.15, -0.1) is 0 Å². The predicted molar refractivity (Wildman–Crippen MR) is 94.1 cm³/mol. The molecule has 5 nitrogen and oxygen atoms in total. The lowest BCUT2D eigenvalue weighted by Crippen LogP contribution is -2.01. The van der Waals surface area contributed by atoms with Crippen molar-refractivity contribution in [2.24, 2.45) is 0 Å². The van der Waals surface area contributed by atoms with Gasteiger partial charge < -0.3 is 15.0 Å². The van der Waals surface area contributed by atoms with E-state index in [1.807, 2.05) is 30.3 Å². The van der Waals surface area contributed by atoms with Crippen LogP contribution in [0.2, 0.25) is 0 Å². The summed E-state index contributed by atoms with van der Waals surface area (Å²) < 4.78 is 18.7. The molecule has 0 aliphatic heterocycles. The Labute approximate surface area is 143 Å². The van der Waals surface area contributed by atoms with Crippen LogP contribution < -0.4 is 10.1 Å². The van der Waals surface area contributed by atoms with E-state index < -0.39 is 0 Å². The topological polar surface area (TPSA) is 62.8 Å². The van der Waals surface area contributed by atoms with Gasteiger partial charge >= 0.3 is 0 Å². The van der Waals surface area contributed by atoms with Gasteiger partial charge in [0.05, 0.1) is 11.0 Å². The Morgan fingerprint density at radius 1 is 1.04 bits per heavy atom. The quantitative estimate of drug-likeness (QED) is 0.564. The average molecular weight is 334 g/mol. The fourth-order valence-electron chi connectivity index (χ4n) is 2.45. The molecule has 2 heterocycles. The maximum Gasteiger partial charge on any atom is 0.219 e. The number of H-pyrrole nitrogens is 1. The Morgan fingerprint density at radius 2 is 1.96 bits per heavy atom. The third kappa shape index (κ3) is 3.58. The molecule has 0 radical (unpaired) electrons. The molecule has 0 saturated carbocycles. The van der Waals surface area contributed by atoms with Crippen molar-refractivity contribution in [3.05, 3.63) is 78.2 Å². The summed E-state index contributed by atoms with van der Waals surface area (Å²) in [5.41, 5.74) is 2.89. The zero-order valence-electron chi connectivity index (χ0n) is 13.2. The van der Waals surface area contributed by atoms with Gasteiger partial charge in [-0.3, -0.25) is 0 Å². The minimum absolute atomic E-state index is 0.343. The number of halogens is 1. The maximum absolute atomic E-state index is 13.2. The highest BCUT2D eigenvalue weighted by molar-refractivity contribution is 5.77. The number of anilines is 1. The first-order valence-electron chi connectivity index (χ1n) is 7.83. The molecule has 0 spiro atoms. The van der Waals surface area contributed by atoms with Gasteiger partial charge in [-0.2, -0.15) is 0 Å². The third-order valence-corrected chi connectivity index (χ3v) is 3.67. The van der Waals surface area contributed by atoms with Gasteiger partial charge in [0.15, 0.2) is 0 Å². The van der Waals surface area contributed by atoms with Crippen molar-refractivity contribution < 1.29 is 9.13 Å². The average Bonchev–Trinajstić information content (AvgIpc) is 3.04. The maximum atomic E-state index is 13.2. The molecule has 0 amide bonds. The second-order valence-corrected chi connectivity index (χ2v) is 5.52. The molecule has 4 rings (SSSR count). The van der Waals surface area contributed by atoms with Crippen LogP contribution in [-0.2, 0) is 6.54 Å². The molecule has 0 atom stereocenters. The molecular weight excluding hydrogens is 319 g/mol. The number of aromatic nitrogens is 3. The van der Waals surface area contributed by atoms with Gasteiger partial charge in [-0.1, -0.05) is 24.3 Å². The van der Waals surface area contributed by atoms with Gasteiger partial charge in [-0.25, -0.2) is 14.4 Å². The first-order valence-corrected chi connectivity index (χ1v) is 7.83. The number of hydrogen-bond donors (Lipinski definition) is 2. The molecule has 0 aliphatic carbocycles. The predicted octanol–water partition coefficient (Wildman–Crippen LogP) is 4.50. The molecule has 6 heteroatoms. The van der Waals surface area contributed by atoms with Gasteiger partial charge in [0.1, 0.15) is 11.6 Å². The number of ether oxygens (including phenoxy) is 1. The van der Waals surface area contributed by atoms with Crippen molar-refractivity contribution in [1.29, 1.82) is 0 Å². The Morgan fingerprint density at radius 3 is 2.76 bits per heavy atom. The van der Waals surface area contributed by atoms with E-state index >= 15 is 0 Å². The Kier molecular flexibility index (Phi) is 4.00. The Balaban J connectivity index is 1.40. The van der Waals surface area contributed by atoms with Crippen LogP contribution in [0.4, 0.5) is 10.3 Å². The van der Waals surface area contributed by atoms with E-state index in [4.69, 9.17) is 4.74 Å². The highest BCUT2D eigenvalue weighted by Crippen LogP contribution is 2.20. The molecule has 0 aliphatic rings. The summed E-state index contributed by atoms with van der Waals surface area (Å²) in [4.78, 5) is 11.9. The van der Waals surface area contributed by atoms with Crippen LogP contribution in [0.15, 0.2) is 66.9 Å². The Hall–Kier alpha value is -3.41. The van der Waals surface area contributed by atoms with Gasteiger partial charge in [0.25, 0.3) is 0 Å². The van der Waals surface area contributed by atoms with E-state index in [0.29, 0.717) is 24.1 Å². The van der Waals surface area contributed by atoms with Crippen molar-refractivity contribution in [3.8, 4) is 11.6 Å². The normalized spacial score (nSPS) is 10.8. The number of pyridine rings is 1. The molecule has 0 fully saturated rings. The van der Waals surface area contributed by atoms with Crippen molar-refractivity contribution >= 4 is 17.0 Å². The number of nitrogens with zero attached hydrogens (tertiary/aromatic N) is 2. The van der Waals surface area contributed by atoms with Crippen molar-refractivity contribution in [3.63, 3.8) is 0 Å². The molecule has 4 aromatic rings. The van der Waals surface area contributed by atoms with Crippen LogP contribution in [-0.4, -0.2) is 15.0 Å². The number of fused-ring (bicyclic) bond motifs is 1. The molecule has 25 heavy (non-hydrogen) atoms. The highest BCUT2D eigenvalue weighted by atomic mass is 19.1. The van der Waals surface area contributed by atoms with E-state index in [1.165, 1.54) is 12.1 Å². The molecule has 0 bridgehead atoms. The molecular formula is C19H15FN4O. The number of hydrogen-bond acceptors (Lipinski definition) is 4. The summed E-state index contributed by atoms with van der Waals surface area (Å²) >= 11 is 0. The smallest absolute Gasteiger partial charge is 0.219 e. The summed E-state index contributed by atoms with van der Waals surface area (Å²) in [5, 5.41) is 3.23. The fraction of sp³-hybridized carbons (Fsp3) is 0.0526. The molecule has 2 aromatic carbocycles. The van der Waals surface area contributed by atoms with E-state index in [1.54, 1.807) is 24.4 Å². The van der Waals surface area contributed by atoms with E-state index in [2.05, 4.69) is 20.3 Å². The molecule has 2 aromatic heterocycles. The first-order chi connectivity index (χ1) is 12.3. The van der Waals surface area contributed by atoms with E-state index in [-0.39, 0.29) is 5.82 Å². The SMILES string of the molecule is Fc1cccc(Oc2ccc(CNc3nc4ccccc4[nH]3)cn2)c1. The minimum atomic E-state index is -0.343. The van der Waals surface area contributed by atoms with Crippen LogP contribution in [0.5, 0.6) is 11.6 Å². The van der Waals surface area contributed by atoms with Crippen LogP contribution in [0, 0.1) is 5.82 Å². The summed E-state index contributed by atoms with van der Waals surface area (Å²) in [6.45, 7) is 0.576. The highest BCUT2D eigenvalue weighted by Gasteiger charge is 2.03. The van der Waals surface area contributed by atoms with Gasteiger partial charge in [0.2, 0.25) is 11.8 Å². The second-order valence-electron chi connectivity index (χ2n) is 5.52. The zero-order chi connectivity index (χ0) is 17.1. The Bertz CT molecular complexity index is 965. The zero-order valence-corrected chi connectivity index (χ0v) is 13.2. The molecule has 124 valence electrons. The van der Waals surface area contributed by atoms with Gasteiger partial charge in [0, 0.05) is 24.9 Å². The lowest BCUT2D eigenvalue weighted by molar-refractivity contribution is 0.458. The number of benzene rings is 2. The van der Waals surface area contributed by atoms with Crippen molar-refractivity contribution in [2.45, 2.75) is 6.54 Å². The summed E-state index contributed by atoms with van der Waals surface area (Å²) in [6.07, 6.45) is 1.71. The fourth-order valence-corrected chi connectivity index (χ4v) is 2.45.